The fraction of sp³-hybridized carbons (Fsp3) is 0.273. The summed E-state index contributed by atoms with van der Waals surface area (Å²) in [5.41, 5.74) is -1.18. The molecule has 1 aromatic heterocycles. The van der Waals surface area contributed by atoms with Crippen molar-refractivity contribution in [2.75, 3.05) is 5.32 Å². The summed E-state index contributed by atoms with van der Waals surface area (Å²) in [7, 11) is 0. The normalized spacial score (nSPS) is 12.5. The molecule has 0 saturated heterocycles. The Morgan fingerprint density at radius 3 is 2.53 bits per heavy atom. The van der Waals surface area contributed by atoms with E-state index in [1.54, 1.807) is 6.92 Å². The number of aromatic nitrogens is 1. The summed E-state index contributed by atoms with van der Waals surface area (Å²) >= 11 is 5.88. The molecule has 1 atom stereocenters. The number of alkyl halides is 3. The number of aliphatic hydroxyl groups excluding tert-OH is 1. The molecule has 0 bridgehead atoms. The van der Waals surface area contributed by atoms with E-state index in [1.165, 1.54) is 12.1 Å². The fourth-order valence-corrected chi connectivity index (χ4v) is 3.16. The van der Waals surface area contributed by atoms with Crippen LogP contribution in [0.25, 0.3) is 11.5 Å². The minimum atomic E-state index is -4.81. The molecule has 182 valence electrons. The van der Waals surface area contributed by atoms with Crippen molar-refractivity contribution in [1.29, 1.82) is 0 Å². The number of carbonyl (C=O) groups is 1. The molecule has 3 aromatic rings. The van der Waals surface area contributed by atoms with Crippen LogP contribution in [0.4, 0.5) is 27.6 Å². The van der Waals surface area contributed by atoms with Gasteiger partial charge in [0, 0.05) is 0 Å². The standard InChI is InChI=1S/C22H18ClF5N2O4/c1-3-16-18(9-31)34-21(29-16)11-8-17(33-10(2)22(26,27)28)12(7-15(11)25)20(32)30-19-13(23)5-4-6-14(19)24/h4-8,10,31H,3,9H2,1-2H3,(H,30,32)/t10-/m0/s1. The number of hydrogen-bond acceptors (Lipinski definition) is 5. The number of halogens is 6. The van der Waals surface area contributed by atoms with Gasteiger partial charge in [0.15, 0.2) is 11.9 Å². The van der Waals surface area contributed by atoms with Crippen molar-refractivity contribution in [3.05, 3.63) is 64.0 Å². The summed E-state index contributed by atoms with van der Waals surface area (Å²) in [5.74, 6) is -4.09. The van der Waals surface area contributed by atoms with Crippen LogP contribution in [0, 0.1) is 11.6 Å². The van der Waals surface area contributed by atoms with Crippen molar-refractivity contribution in [1.82, 2.24) is 4.98 Å². The molecule has 3 rings (SSSR count). The molecule has 0 spiro atoms. The second kappa shape index (κ2) is 9.98. The maximum atomic E-state index is 15.0. The van der Waals surface area contributed by atoms with Crippen molar-refractivity contribution in [3.8, 4) is 17.2 Å². The largest absolute Gasteiger partial charge is 0.480 e. The van der Waals surface area contributed by atoms with E-state index in [9.17, 15) is 31.9 Å². The number of oxazole rings is 1. The van der Waals surface area contributed by atoms with E-state index >= 15 is 0 Å². The molecule has 2 aromatic carbocycles. The number of benzene rings is 2. The predicted molar refractivity (Wildman–Crippen MR) is 113 cm³/mol. The zero-order valence-electron chi connectivity index (χ0n) is 17.8. The molecule has 0 aliphatic carbocycles. The molecular formula is C22H18ClF5N2O4. The van der Waals surface area contributed by atoms with E-state index in [4.69, 9.17) is 20.8 Å². The van der Waals surface area contributed by atoms with Gasteiger partial charge in [-0.3, -0.25) is 4.79 Å². The van der Waals surface area contributed by atoms with Crippen LogP contribution in [0.3, 0.4) is 0 Å². The molecule has 1 heterocycles. The number of rotatable bonds is 7. The Hall–Kier alpha value is -3.18. The van der Waals surface area contributed by atoms with Gasteiger partial charge < -0.3 is 19.6 Å². The van der Waals surface area contributed by atoms with E-state index in [2.05, 4.69) is 10.3 Å². The van der Waals surface area contributed by atoms with Gasteiger partial charge in [-0.1, -0.05) is 24.6 Å². The van der Waals surface area contributed by atoms with Crippen LogP contribution < -0.4 is 10.1 Å². The van der Waals surface area contributed by atoms with Gasteiger partial charge in [0.25, 0.3) is 5.91 Å². The molecule has 0 aliphatic heterocycles. The van der Waals surface area contributed by atoms with E-state index in [1.807, 2.05) is 0 Å². The highest BCUT2D eigenvalue weighted by Gasteiger charge is 2.39. The lowest BCUT2D eigenvalue weighted by Crippen LogP contribution is -2.32. The molecule has 0 radical (unpaired) electrons. The Morgan fingerprint density at radius 2 is 1.97 bits per heavy atom. The van der Waals surface area contributed by atoms with Gasteiger partial charge in [-0.05, 0) is 37.6 Å². The number of aliphatic hydroxyl groups is 1. The number of nitrogens with zero attached hydrogens (tertiary/aromatic N) is 1. The number of para-hydroxylation sites is 1. The zero-order valence-corrected chi connectivity index (χ0v) is 18.5. The van der Waals surface area contributed by atoms with E-state index in [-0.39, 0.29) is 16.7 Å². The van der Waals surface area contributed by atoms with E-state index in [0.29, 0.717) is 25.1 Å². The maximum absolute atomic E-state index is 15.0. The molecular weight excluding hydrogens is 487 g/mol. The molecule has 6 nitrogen and oxygen atoms in total. The van der Waals surface area contributed by atoms with Crippen LogP contribution >= 0.6 is 11.6 Å². The van der Waals surface area contributed by atoms with Gasteiger partial charge in [0.2, 0.25) is 5.89 Å². The Kier molecular flexibility index (Phi) is 7.47. The minimum absolute atomic E-state index is 0.0547. The third kappa shape index (κ3) is 5.31. The maximum Gasteiger partial charge on any atom is 0.425 e. The molecule has 0 unspecified atom stereocenters. The zero-order chi connectivity index (χ0) is 25.2. The van der Waals surface area contributed by atoms with Crippen molar-refractivity contribution < 1.29 is 41.0 Å². The summed E-state index contributed by atoms with van der Waals surface area (Å²) in [4.78, 5) is 16.8. The Balaban J connectivity index is 2.10. The Labute approximate surface area is 195 Å². The van der Waals surface area contributed by atoms with Crippen molar-refractivity contribution in [2.24, 2.45) is 0 Å². The third-order valence-electron chi connectivity index (χ3n) is 4.77. The van der Waals surface area contributed by atoms with E-state index < -0.39 is 59.0 Å². The van der Waals surface area contributed by atoms with E-state index in [0.717, 1.165) is 12.1 Å². The highest BCUT2D eigenvalue weighted by Crippen LogP contribution is 2.35. The van der Waals surface area contributed by atoms with Gasteiger partial charge in [-0.2, -0.15) is 13.2 Å². The van der Waals surface area contributed by atoms with Crippen LogP contribution in [-0.2, 0) is 13.0 Å². The number of amides is 1. The molecule has 34 heavy (non-hydrogen) atoms. The number of aryl methyl sites for hydroxylation is 1. The average Bonchev–Trinajstić information content (AvgIpc) is 3.19. The van der Waals surface area contributed by atoms with Crippen molar-refractivity contribution in [2.45, 2.75) is 39.2 Å². The van der Waals surface area contributed by atoms with Crippen molar-refractivity contribution in [3.63, 3.8) is 0 Å². The highest BCUT2D eigenvalue weighted by molar-refractivity contribution is 6.34. The van der Waals surface area contributed by atoms with Crippen molar-refractivity contribution >= 4 is 23.2 Å². The van der Waals surface area contributed by atoms with Crippen LogP contribution in [0.1, 0.15) is 35.7 Å². The lowest BCUT2D eigenvalue weighted by molar-refractivity contribution is -0.189. The van der Waals surface area contributed by atoms with Crippen LogP contribution in [-0.4, -0.2) is 28.3 Å². The quantitative estimate of drug-likeness (QED) is 0.391. The third-order valence-corrected chi connectivity index (χ3v) is 5.08. The predicted octanol–water partition coefficient (Wildman–Crippen LogP) is 5.91. The molecule has 0 saturated carbocycles. The van der Waals surface area contributed by atoms with Gasteiger partial charge >= 0.3 is 6.18 Å². The SMILES string of the molecule is CCc1nc(-c2cc(O[C@@H](C)C(F)(F)F)c(C(=O)Nc3c(F)cccc3Cl)cc2F)oc1CO. The summed E-state index contributed by atoms with van der Waals surface area (Å²) in [5, 5.41) is 11.3. The molecule has 1 amide bonds. The number of carbonyl (C=O) groups excluding carboxylic acids is 1. The first-order chi connectivity index (χ1) is 16.0. The summed E-state index contributed by atoms with van der Waals surface area (Å²) in [6.45, 7) is 1.87. The lowest BCUT2D eigenvalue weighted by atomic mass is 10.1. The first kappa shape index (κ1) is 25.4. The summed E-state index contributed by atoms with van der Waals surface area (Å²) in [6.07, 6.45) is -6.85. The second-order valence-corrected chi connectivity index (χ2v) is 7.49. The summed E-state index contributed by atoms with van der Waals surface area (Å²) in [6, 6.07) is 5.00. The lowest BCUT2D eigenvalue weighted by Gasteiger charge is -2.20. The molecule has 2 N–H and O–H groups in total. The van der Waals surface area contributed by atoms with Crippen LogP contribution in [0.2, 0.25) is 5.02 Å². The molecule has 12 heteroatoms. The first-order valence-electron chi connectivity index (χ1n) is 9.88. The van der Waals surface area contributed by atoms with Gasteiger partial charge in [0.05, 0.1) is 27.5 Å². The molecule has 0 aliphatic rings. The Morgan fingerprint density at radius 1 is 1.26 bits per heavy atom. The first-order valence-corrected chi connectivity index (χ1v) is 10.3. The number of hydrogen-bond donors (Lipinski definition) is 2. The highest BCUT2D eigenvalue weighted by atomic mass is 35.5. The smallest absolute Gasteiger partial charge is 0.425 e. The second-order valence-electron chi connectivity index (χ2n) is 7.08. The Bertz CT molecular complexity index is 1170. The number of ether oxygens (including phenoxy) is 1. The number of anilines is 1. The fourth-order valence-electron chi connectivity index (χ4n) is 2.95. The summed E-state index contributed by atoms with van der Waals surface area (Å²) < 4.78 is 78.7. The monoisotopic (exact) mass is 504 g/mol. The van der Waals surface area contributed by atoms with Gasteiger partial charge in [0.1, 0.15) is 24.0 Å². The van der Waals surface area contributed by atoms with Crippen LogP contribution in [0.5, 0.6) is 5.75 Å². The van der Waals surface area contributed by atoms with Gasteiger partial charge in [-0.15, -0.1) is 0 Å². The topological polar surface area (TPSA) is 84.6 Å². The van der Waals surface area contributed by atoms with Crippen LogP contribution in [0.15, 0.2) is 34.7 Å². The number of nitrogens with one attached hydrogen (secondary N) is 1. The van der Waals surface area contributed by atoms with Gasteiger partial charge in [-0.25, -0.2) is 13.8 Å². The molecule has 0 fully saturated rings. The average molecular weight is 505 g/mol. The minimum Gasteiger partial charge on any atom is -0.480 e.